The van der Waals surface area contributed by atoms with E-state index in [4.69, 9.17) is 19.9 Å². The normalized spacial score (nSPS) is 14.7. The summed E-state index contributed by atoms with van der Waals surface area (Å²) in [5.41, 5.74) is 6.29. The van der Waals surface area contributed by atoms with Gasteiger partial charge in [0.1, 0.15) is 0 Å². The lowest BCUT2D eigenvalue weighted by Gasteiger charge is -2.28. The van der Waals surface area contributed by atoms with Crippen molar-refractivity contribution in [2.45, 2.75) is 51.5 Å². The Balaban J connectivity index is 3.44. The zero-order chi connectivity index (χ0) is 13.7. The molecule has 1 atom stereocenters. The van der Waals surface area contributed by atoms with Gasteiger partial charge in [0.15, 0.2) is 0 Å². The second kappa shape index (κ2) is 11.9. The number of methoxy groups -OCH3 is 1. The molecule has 0 fully saturated rings. The highest BCUT2D eigenvalue weighted by Gasteiger charge is 2.21. The maximum absolute atomic E-state index is 6.34. The van der Waals surface area contributed by atoms with Crippen molar-refractivity contribution in [1.29, 1.82) is 0 Å². The van der Waals surface area contributed by atoms with Crippen molar-refractivity contribution in [3.05, 3.63) is 0 Å². The third-order valence-corrected chi connectivity index (χ3v) is 3.28. The van der Waals surface area contributed by atoms with E-state index in [1.807, 2.05) is 0 Å². The Morgan fingerprint density at radius 3 is 2.06 bits per heavy atom. The number of rotatable bonds is 13. The van der Waals surface area contributed by atoms with Crippen molar-refractivity contribution in [3.8, 4) is 0 Å². The van der Waals surface area contributed by atoms with Gasteiger partial charge in [-0.05, 0) is 19.3 Å². The number of hydrogen-bond donors (Lipinski definition) is 1. The van der Waals surface area contributed by atoms with Crippen molar-refractivity contribution in [2.24, 2.45) is 5.73 Å². The van der Waals surface area contributed by atoms with Crippen molar-refractivity contribution in [3.63, 3.8) is 0 Å². The molecule has 0 aliphatic rings. The van der Waals surface area contributed by atoms with Crippen LogP contribution in [-0.4, -0.2) is 45.7 Å². The van der Waals surface area contributed by atoms with Crippen molar-refractivity contribution < 1.29 is 14.2 Å². The first kappa shape index (κ1) is 17.8. The van der Waals surface area contributed by atoms with Crippen LogP contribution in [0.4, 0.5) is 0 Å². The molecule has 0 aromatic carbocycles. The van der Waals surface area contributed by atoms with Gasteiger partial charge in [-0.15, -0.1) is 0 Å². The van der Waals surface area contributed by atoms with Crippen LogP contribution >= 0.6 is 0 Å². The van der Waals surface area contributed by atoms with Crippen LogP contribution in [-0.2, 0) is 14.2 Å². The van der Waals surface area contributed by atoms with Gasteiger partial charge in [0.25, 0.3) is 0 Å². The quantitative estimate of drug-likeness (QED) is 0.517. The summed E-state index contributed by atoms with van der Waals surface area (Å²) in [5, 5.41) is 0. The molecule has 2 N–H and O–H groups in total. The second-order valence-corrected chi connectivity index (χ2v) is 4.79. The van der Waals surface area contributed by atoms with E-state index in [0.717, 1.165) is 25.9 Å². The molecule has 0 aromatic heterocycles. The van der Waals surface area contributed by atoms with Gasteiger partial charge in [0.2, 0.25) is 0 Å². The number of ether oxygens (including phenoxy) is 3. The van der Waals surface area contributed by atoms with Gasteiger partial charge in [0, 0.05) is 19.3 Å². The highest BCUT2D eigenvalue weighted by atomic mass is 16.5. The molecule has 0 heterocycles. The molecule has 1 unspecified atom stereocenters. The Morgan fingerprint density at radius 2 is 1.50 bits per heavy atom. The minimum atomic E-state index is -0.0487. The zero-order valence-corrected chi connectivity index (χ0v) is 12.4. The van der Waals surface area contributed by atoms with Gasteiger partial charge >= 0.3 is 0 Å². The Kier molecular flexibility index (Phi) is 11.8. The maximum atomic E-state index is 6.34. The smallest absolute Gasteiger partial charge is 0.0701 e. The summed E-state index contributed by atoms with van der Waals surface area (Å²) in [6, 6.07) is 0. The van der Waals surface area contributed by atoms with Crippen LogP contribution in [0, 0.1) is 0 Å². The molecule has 0 saturated heterocycles. The number of unbranched alkanes of at least 4 members (excludes halogenated alkanes) is 1. The average molecular weight is 261 g/mol. The summed E-state index contributed by atoms with van der Waals surface area (Å²) in [4.78, 5) is 0. The summed E-state index contributed by atoms with van der Waals surface area (Å²) >= 11 is 0. The zero-order valence-electron chi connectivity index (χ0n) is 12.4. The highest BCUT2D eigenvalue weighted by Crippen LogP contribution is 2.19. The van der Waals surface area contributed by atoms with Gasteiger partial charge in [-0.3, -0.25) is 0 Å². The maximum Gasteiger partial charge on any atom is 0.0701 e. The molecule has 0 amide bonds. The molecule has 110 valence electrons. The standard InChI is InChI=1S/C14H31NO3/c1-4-6-7-14(15,5-2)8-9-17-12-13-18-11-10-16-3/h4-13,15H2,1-3H3. The van der Waals surface area contributed by atoms with E-state index in [1.54, 1.807) is 7.11 Å². The topological polar surface area (TPSA) is 53.7 Å². The van der Waals surface area contributed by atoms with E-state index in [0.29, 0.717) is 26.4 Å². The van der Waals surface area contributed by atoms with Crippen LogP contribution in [0.15, 0.2) is 0 Å². The van der Waals surface area contributed by atoms with Crippen LogP contribution < -0.4 is 5.73 Å². The third kappa shape index (κ3) is 9.83. The summed E-state index contributed by atoms with van der Waals surface area (Å²) in [7, 11) is 1.67. The van der Waals surface area contributed by atoms with E-state index < -0.39 is 0 Å². The Labute approximate surface area is 112 Å². The van der Waals surface area contributed by atoms with Crippen LogP contribution in [0.1, 0.15) is 46.0 Å². The van der Waals surface area contributed by atoms with Crippen molar-refractivity contribution in [1.82, 2.24) is 0 Å². The lowest BCUT2D eigenvalue weighted by atomic mass is 9.88. The predicted octanol–water partition coefficient (Wildman–Crippen LogP) is 2.35. The van der Waals surface area contributed by atoms with Gasteiger partial charge in [-0.2, -0.15) is 0 Å². The average Bonchev–Trinajstić information content (AvgIpc) is 2.39. The lowest BCUT2D eigenvalue weighted by Crippen LogP contribution is -2.40. The molecule has 0 bridgehead atoms. The number of hydrogen-bond acceptors (Lipinski definition) is 4. The van der Waals surface area contributed by atoms with Gasteiger partial charge in [-0.25, -0.2) is 0 Å². The summed E-state index contributed by atoms with van der Waals surface area (Å²) < 4.78 is 15.7. The predicted molar refractivity (Wildman–Crippen MR) is 74.9 cm³/mol. The van der Waals surface area contributed by atoms with Gasteiger partial charge in [-0.1, -0.05) is 26.7 Å². The molecule has 0 rings (SSSR count). The van der Waals surface area contributed by atoms with Crippen LogP contribution in [0.3, 0.4) is 0 Å². The SMILES string of the molecule is CCCCC(N)(CC)CCOCCOCCOC. The molecule has 18 heavy (non-hydrogen) atoms. The summed E-state index contributed by atoms with van der Waals surface area (Å²) in [6.45, 7) is 7.61. The Morgan fingerprint density at radius 1 is 0.889 bits per heavy atom. The minimum Gasteiger partial charge on any atom is -0.382 e. The first-order valence-corrected chi connectivity index (χ1v) is 7.12. The fourth-order valence-corrected chi connectivity index (χ4v) is 1.75. The summed E-state index contributed by atoms with van der Waals surface area (Å²) in [5.74, 6) is 0. The van der Waals surface area contributed by atoms with Crippen molar-refractivity contribution >= 4 is 0 Å². The van der Waals surface area contributed by atoms with Crippen molar-refractivity contribution in [2.75, 3.05) is 40.1 Å². The third-order valence-electron chi connectivity index (χ3n) is 3.28. The lowest BCUT2D eigenvalue weighted by molar-refractivity contribution is 0.0202. The molecule has 0 radical (unpaired) electrons. The van der Waals surface area contributed by atoms with Crippen LogP contribution in [0.25, 0.3) is 0 Å². The van der Waals surface area contributed by atoms with Crippen LogP contribution in [0.5, 0.6) is 0 Å². The fourth-order valence-electron chi connectivity index (χ4n) is 1.75. The molecule has 4 nitrogen and oxygen atoms in total. The van der Waals surface area contributed by atoms with E-state index >= 15 is 0 Å². The van der Waals surface area contributed by atoms with Gasteiger partial charge < -0.3 is 19.9 Å². The monoisotopic (exact) mass is 261 g/mol. The minimum absolute atomic E-state index is 0.0487. The Hall–Kier alpha value is -0.160. The van der Waals surface area contributed by atoms with E-state index in [-0.39, 0.29) is 5.54 Å². The number of nitrogens with two attached hydrogens (primary N) is 1. The molecule has 0 aliphatic heterocycles. The molecule has 4 heteroatoms. The molecular weight excluding hydrogens is 230 g/mol. The molecular formula is C14H31NO3. The first-order valence-electron chi connectivity index (χ1n) is 7.12. The van der Waals surface area contributed by atoms with E-state index in [2.05, 4.69) is 13.8 Å². The van der Waals surface area contributed by atoms with Gasteiger partial charge in [0.05, 0.1) is 26.4 Å². The fraction of sp³-hybridized carbons (Fsp3) is 1.00. The molecule has 0 spiro atoms. The Bertz CT molecular complexity index is 178. The highest BCUT2D eigenvalue weighted by molar-refractivity contribution is 4.81. The largest absolute Gasteiger partial charge is 0.382 e. The van der Waals surface area contributed by atoms with E-state index in [1.165, 1.54) is 12.8 Å². The van der Waals surface area contributed by atoms with Crippen LogP contribution in [0.2, 0.25) is 0 Å². The molecule has 0 saturated carbocycles. The second-order valence-electron chi connectivity index (χ2n) is 4.79. The molecule has 0 aliphatic carbocycles. The first-order chi connectivity index (χ1) is 8.68. The van der Waals surface area contributed by atoms with E-state index in [9.17, 15) is 0 Å². The molecule has 0 aromatic rings. The summed E-state index contributed by atoms with van der Waals surface area (Å²) in [6.07, 6.45) is 5.44.